The van der Waals surface area contributed by atoms with Gasteiger partial charge in [-0.15, -0.1) is 0 Å². The molecule has 7 heteroatoms. The SMILES string of the molecule is COC(=O)c1nc(I)c(Br)c(Cl)c1N. The fourth-order valence-corrected chi connectivity index (χ4v) is 1.92. The molecule has 0 aliphatic carbocycles. The van der Waals surface area contributed by atoms with E-state index in [1.165, 1.54) is 7.11 Å². The monoisotopic (exact) mass is 390 g/mol. The van der Waals surface area contributed by atoms with Gasteiger partial charge in [-0.2, -0.15) is 0 Å². The number of halogens is 3. The number of hydrogen-bond acceptors (Lipinski definition) is 4. The summed E-state index contributed by atoms with van der Waals surface area (Å²) in [7, 11) is 1.26. The van der Waals surface area contributed by atoms with Gasteiger partial charge in [0.05, 0.1) is 22.3 Å². The molecule has 0 radical (unpaired) electrons. The van der Waals surface area contributed by atoms with Gasteiger partial charge in [0.15, 0.2) is 5.69 Å². The summed E-state index contributed by atoms with van der Waals surface area (Å²) >= 11 is 11.0. The van der Waals surface area contributed by atoms with E-state index in [2.05, 4.69) is 25.7 Å². The summed E-state index contributed by atoms with van der Waals surface area (Å²) in [6.45, 7) is 0. The minimum atomic E-state index is -0.602. The Morgan fingerprint density at radius 1 is 1.71 bits per heavy atom. The Morgan fingerprint density at radius 2 is 2.29 bits per heavy atom. The van der Waals surface area contributed by atoms with Gasteiger partial charge in [0.25, 0.3) is 0 Å². The van der Waals surface area contributed by atoms with Crippen molar-refractivity contribution in [2.45, 2.75) is 0 Å². The van der Waals surface area contributed by atoms with Crippen molar-refractivity contribution < 1.29 is 9.53 Å². The maximum atomic E-state index is 11.2. The maximum Gasteiger partial charge on any atom is 0.358 e. The highest BCUT2D eigenvalue weighted by Crippen LogP contribution is 2.33. The molecule has 2 N–H and O–H groups in total. The van der Waals surface area contributed by atoms with E-state index < -0.39 is 5.97 Å². The third-order valence-electron chi connectivity index (χ3n) is 1.45. The smallest absolute Gasteiger partial charge is 0.358 e. The fourth-order valence-electron chi connectivity index (χ4n) is 0.772. The fraction of sp³-hybridized carbons (Fsp3) is 0.143. The molecule has 0 bridgehead atoms. The number of carbonyl (C=O) groups is 1. The molecular weight excluding hydrogens is 386 g/mol. The lowest BCUT2D eigenvalue weighted by Crippen LogP contribution is -2.10. The van der Waals surface area contributed by atoms with Crippen molar-refractivity contribution in [1.82, 2.24) is 4.98 Å². The van der Waals surface area contributed by atoms with Crippen LogP contribution in [0.2, 0.25) is 5.02 Å². The predicted molar refractivity (Wildman–Crippen MR) is 65.4 cm³/mol. The topological polar surface area (TPSA) is 65.2 Å². The van der Waals surface area contributed by atoms with E-state index in [1.54, 1.807) is 0 Å². The molecule has 0 fully saturated rings. The molecule has 1 aromatic rings. The van der Waals surface area contributed by atoms with Gasteiger partial charge in [-0.05, 0) is 38.5 Å². The Kier molecular flexibility index (Phi) is 3.96. The normalized spacial score (nSPS) is 10.0. The number of methoxy groups -OCH3 is 1. The van der Waals surface area contributed by atoms with Crippen LogP contribution in [-0.2, 0) is 4.74 Å². The minimum absolute atomic E-state index is 0.0325. The van der Waals surface area contributed by atoms with Crippen LogP contribution < -0.4 is 5.73 Å². The summed E-state index contributed by atoms with van der Waals surface area (Å²) in [6, 6.07) is 0. The molecule has 0 spiro atoms. The van der Waals surface area contributed by atoms with Crippen LogP contribution in [0.25, 0.3) is 0 Å². The number of anilines is 1. The number of nitrogens with zero attached hydrogens (tertiary/aromatic N) is 1. The number of nitrogen functional groups attached to an aromatic ring is 1. The third-order valence-corrected chi connectivity index (χ3v) is 4.37. The Hall–Kier alpha value is -0.0800. The molecule has 14 heavy (non-hydrogen) atoms. The summed E-state index contributed by atoms with van der Waals surface area (Å²) in [4.78, 5) is 15.2. The van der Waals surface area contributed by atoms with Crippen molar-refractivity contribution in [2.24, 2.45) is 0 Å². The molecule has 0 aromatic carbocycles. The van der Waals surface area contributed by atoms with Crippen molar-refractivity contribution in [1.29, 1.82) is 0 Å². The first-order valence-corrected chi connectivity index (χ1v) is 5.62. The summed E-state index contributed by atoms with van der Waals surface area (Å²) in [5.74, 6) is -0.602. The van der Waals surface area contributed by atoms with Crippen LogP contribution in [0, 0.1) is 3.70 Å². The van der Waals surface area contributed by atoms with Crippen LogP contribution in [0.3, 0.4) is 0 Å². The molecule has 1 rings (SSSR count). The average Bonchev–Trinajstić information content (AvgIpc) is 2.19. The number of pyridine rings is 1. The standard InChI is InChI=1S/C7H5BrClIN2O2/c1-14-7(13)5-4(11)3(9)2(8)6(10)12-5/h11H2,1H3. The molecular formula is C7H5BrClIN2O2. The second kappa shape index (κ2) is 4.63. The number of nitrogens with two attached hydrogens (primary N) is 1. The van der Waals surface area contributed by atoms with Crippen molar-refractivity contribution in [3.05, 3.63) is 18.9 Å². The van der Waals surface area contributed by atoms with Gasteiger partial charge in [-0.25, -0.2) is 9.78 Å². The van der Waals surface area contributed by atoms with E-state index in [4.69, 9.17) is 17.3 Å². The zero-order valence-corrected chi connectivity index (χ0v) is 11.5. The molecule has 4 nitrogen and oxygen atoms in total. The predicted octanol–water partition coefficient (Wildman–Crippen LogP) is 2.47. The van der Waals surface area contributed by atoms with Crippen molar-refractivity contribution in [3.8, 4) is 0 Å². The Bertz CT molecular complexity index is 400. The van der Waals surface area contributed by atoms with E-state index in [1.807, 2.05) is 22.6 Å². The quantitative estimate of drug-likeness (QED) is 0.454. The number of ether oxygens (including phenoxy) is 1. The van der Waals surface area contributed by atoms with Gasteiger partial charge in [0.2, 0.25) is 0 Å². The first kappa shape index (κ1) is 12.0. The van der Waals surface area contributed by atoms with Gasteiger partial charge in [-0.3, -0.25) is 0 Å². The maximum absolute atomic E-state index is 11.2. The molecule has 1 aromatic heterocycles. The van der Waals surface area contributed by atoms with E-state index in [-0.39, 0.29) is 16.4 Å². The van der Waals surface area contributed by atoms with E-state index >= 15 is 0 Å². The van der Waals surface area contributed by atoms with Gasteiger partial charge in [0.1, 0.15) is 3.70 Å². The lowest BCUT2D eigenvalue weighted by atomic mass is 10.3. The van der Waals surface area contributed by atoms with Gasteiger partial charge >= 0.3 is 5.97 Å². The van der Waals surface area contributed by atoms with Crippen LogP contribution in [0.5, 0.6) is 0 Å². The molecule has 0 unspecified atom stereocenters. The van der Waals surface area contributed by atoms with Gasteiger partial charge in [-0.1, -0.05) is 11.6 Å². The second-order valence-electron chi connectivity index (χ2n) is 2.28. The van der Waals surface area contributed by atoms with Crippen LogP contribution >= 0.6 is 50.1 Å². The van der Waals surface area contributed by atoms with E-state index in [0.29, 0.717) is 8.17 Å². The molecule has 0 aliphatic rings. The first-order valence-electron chi connectivity index (χ1n) is 3.37. The highest BCUT2D eigenvalue weighted by molar-refractivity contribution is 14.1. The van der Waals surface area contributed by atoms with Gasteiger partial charge < -0.3 is 10.5 Å². The Morgan fingerprint density at radius 3 is 2.79 bits per heavy atom. The van der Waals surface area contributed by atoms with Gasteiger partial charge in [0, 0.05) is 0 Å². The van der Waals surface area contributed by atoms with Crippen molar-refractivity contribution >= 4 is 61.8 Å². The molecule has 0 aliphatic heterocycles. The number of rotatable bonds is 1. The summed E-state index contributed by atoms with van der Waals surface area (Å²) < 4.78 is 5.64. The lowest BCUT2D eigenvalue weighted by molar-refractivity contribution is 0.0595. The minimum Gasteiger partial charge on any atom is -0.464 e. The number of esters is 1. The zero-order chi connectivity index (χ0) is 10.9. The molecule has 76 valence electrons. The van der Waals surface area contributed by atoms with Crippen LogP contribution in [0.4, 0.5) is 5.69 Å². The molecule has 0 saturated heterocycles. The molecule has 1 heterocycles. The molecule has 0 atom stereocenters. The number of hydrogen-bond donors (Lipinski definition) is 1. The summed E-state index contributed by atoms with van der Waals surface area (Å²) in [5.41, 5.74) is 5.75. The van der Waals surface area contributed by atoms with Crippen LogP contribution in [-0.4, -0.2) is 18.1 Å². The van der Waals surface area contributed by atoms with E-state index in [9.17, 15) is 4.79 Å². The van der Waals surface area contributed by atoms with Crippen molar-refractivity contribution in [2.75, 3.05) is 12.8 Å². The van der Waals surface area contributed by atoms with Crippen molar-refractivity contribution in [3.63, 3.8) is 0 Å². The number of carbonyl (C=O) groups excluding carboxylic acids is 1. The second-order valence-corrected chi connectivity index (χ2v) is 4.48. The lowest BCUT2D eigenvalue weighted by Gasteiger charge is -2.07. The van der Waals surface area contributed by atoms with Crippen LogP contribution in [0.15, 0.2) is 4.47 Å². The largest absolute Gasteiger partial charge is 0.464 e. The average molecular weight is 391 g/mol. The summed E-state index contributed by atoms with van der Waals surface area (Å²) in [6.07, 6.45) is 0. The molecule has 0 saturated carbocycles. The van der Waals surface area contributed by atoms with E-state index in [0.717, 1.165) is 0 Å². The Balaban J connectivity index is 3.40. The highest BCUT2D eigenvalue weighted by atomic mass is 127. The number of aromatic nitrogens is 1. The zero-order valence-electron chi connectivity index (χ0n) is 6.97. The molecule has 0 amide bonds. The third kappa shape index (κ3) is 2.12. The van der Waals surface area contributed by atoms with Crippen LogP contribution in [0.1, 0.15) is 10.5 Å². The summed E-state index contributed by atoms with van der Waals surface area (Å²) in [5, 5.41) is 0.268. The highest BCUT2D eigenvalue weighted by Gasteiger charge is 2.19. The first-order chi connectivity index (χ1) is 6.49. The Labute approximate surface area is 107 Å².